The lowest BCUT2D eigenvalue weighted by molar-refractivity contribution is 0.427. The third-order valence-corrected chi connectivity index (χ3v) is 6.83. The zero-order chi connectivity index (χ0) is 18.4. The van der Waals surface area contributed by atoms with Gasteiger partial charge < -0.3 is 4.90 Å². The molecular formula is C22H24N4S. The van der Waals surface area contributed by atoms with Gasteiger partial charge >= 0.3 is 0 Å². The number of anilines is 1. The largest absolute Gasteiger partial charge is 0.372 e. The molecule has 1 fully saturated rings. The molecule has 4 nitrogen and oxygen atoms in total. The summed E-state index contributed by atoms with van der Waals surface area (Å²) in [6.45, 7) is 0. The molecule has 0 unspecified atom stereocenters. The fourth-order valence-corrected chi connectivity index (χ4v) is 5.21. The molecule has 4 aromatic rings. The molecule has 0 radical (unpaired) electrons. The summed E-state index contributed by atoms with van der Waals surface area (Å²) in [6.07, 6.45) is 8.80. The van der Waals surface area contributed by atoms with Crippen molar-refractivity contribution in [1.29, 1.82) is 0 Å². The Morgan fingerprint density at radius 1 is 1.04 bits per heavy atom. The van der Waals surface area contributed by atoms with Gasteiger partial charge in [0.1, 0.15) is 5.01 Å². The highest BCUT2D eigenvalue weighted by molar-refractivity contribution is 7.21. The minimum absolute atomic E-state index is 0.677. The number of nitrogens with zero attached hydrogens (tertiary/aromatic N) is 4. The van der Waals surface area contributed by atoms with Crippen molar-refractivity contribution in [2.45, 2.75) is 38.1 Å². The van der Waals surface area contributed by atoms with E-state index in [2.05, 4.69) is 59.6 Å². The highest BCUT2D eigenvalue weighted by Crippen LogP contribution is 2.35. The first-order valence-corrected chi connectivity index (χ1v) is 10.6. The molecule has 0 atom stereocenters. The topological polar surface area (TPSA) is 34.0 Å². The van der Waals surface area contributed by atoms with Crippen molar-refractivity contribution < 1.29 is 0 Å². The molecular weight excluding hydrogens is 352 g/mol. The summed E-state index contributed by atoms with van der Waals surface area (Å²) >= 11 is 1.78. The maximum atomic E-state index is 4.88. The van der Waals surface area contributed by atoms with E-state index in [1.54, 1.807) is 11.3 Å². The van der Waals surface area contributed by atoms with Gasteiger partial charge in [0.2, 0.25) is 0 Å². The minimum Gasteiger partial charge on any atom is -0.372 e. The molecule has 2 heterocycles. The second-order valence-corrected chi connectivity index (χ2v) is 8.68. The molecule has 0 spiro atoms. The molecule has 0 saturated heterocycles. The minimum atomic E-state index is 0.677. The zero-order valence-corrected chi connectivity index (χ0v) is 16.7. The monoisotopic (exact) mass is 376 g/mol. The standard InChI is InChI=1S/C22H24N4S/c1-25-14-16-12-15(8-10-19(16)24-25)22-23-20-11-9-18(13-21(20)27-22)26(2)17-6-4-3-5-7-17/h8-14,17H,3-7H2,1-2H3. The third kappa shape index (κ3) is 3.10. The van der Waals surface area contributed by atoms with Crippen molar-refractivity contribution in [3.63, 3.8) is 0 Å². The summed E-state index contributed by atoms with van der Waals surface area (Å²) in [5, 5.41) is 6.70. The molecule has 5 rings (SSSR count). The average molecular weight is 377 g/mol. The van der Waals surface area contributed by atoms with Crippen LogP contribution in [0.5, 0.6) is 0 Å². The van der Waals surface area contributed by atoms with E-state index in [4.69, 9.17) is 4.98 Å². The lowest BCUT2D eigenvalue weighted by Gasteiger charge is -2.33. The molecule has 2 aromatic carbocycles. The third-order valence-electron chi connectivity index (χ3n) is 5.77. The van der Waals surface area contributed by atoms with E-state index < -0.39 is 0 Å². The highest BCUT2D eigenvalue weighted by atomic mass is 32.1. The fraction of sp³-hybridized carbons (Fsp3) is 0.364. The van der Waals surface area contributed by atoms with Gasteiger partial charge in [0.05, 0.1) is 15.7 Å². The number of fused-ring (bicyclic) bond motifs is 2. The van der Waals surface area contributed by atoms with Crippen LogP contribution < -0.4 is 4.90 Å². The van der Waals surface area contributed by atoms with E-state index in [-0.39, 0.29) is 0 Å². The summed E-state index contributed by atoms with van der Waals surface area (Å²) < 4.78 is 3.12. The quantitative estimate of drug-likeness (QED) is 0.465. The Balaban J connectivity index is 1.49. The Hall–Kier alpha value is -2.40. The van der Waals surface area contributed by atoms with Crippen molar-refractivity contribution in [3.05, 3.63) is 42.6 Å². The van der Waals surface area contributed by atoms with Crippen LogP contribution in [0, 0.1) is 0 Å². The summed E-state index contributed by atoms with van der Waals surface area (Å²) in [4.78, 5) is 7.35. The van der Waals surface area contributed by atoms with Crippen molar-refractivity contribution in [3.8, 4) is 10.6 Å². The number of rotatable bonds is 3. The van der Waals surface area contributed by atoms with Crippen molar-refractivity contribution >= 4 is 38.1 Å². The van der Waals surface area contributed by atoms with Crippen LogP contribution in [-0.4, -0.2) is 27.9 Å². The van der Waals surface area contributed by atoms with E-state index in [1.807, 2.05) is 11.7 Å². The number of hydrogen-bond donors (Lipinski definition) is 0. The van der Waals surface area contributed by atoms with Gasteiger partial charge in [0, 0.05) is 43.0 Å². The molecule has 27 heavy (non-hydrogen) atoms. The lowest BCUT2D eigenvalue weighted by atomic mass is 9.94. The first kappa shape index (κ1) is 16.8. The summed E-state index contributed by atoms with van der Waals surface area (Å²) in [5.74, 6) is 0. The molecule has 138 valence electrons. The molecule has 0 amide bonds. The molecule has 0 aliphatic heterocycles. The van der Waals surface area contributed by atoms with Gasteiger partial charge in [0.25, 0.3) is 0 Å². The second kappa shape index (κ2) is 6.64. The molecule has 1 saturated carbocycles. The Bertz CT molecular complexity index is 1100. The smallest absolute Gasteiger partial charge is 0.124 e. The number of aryl methyl sites for hydroxylation is 1. The summed E-state index contributed by atoms with van der Waals surface area (Å²) in [6, 6.07) is 13.8. The Labute approximate surface area is 163 Å². The van der Waals surface area contributed by atoms with Crippen molar-refractivity contribution in [2.75, 3.05) is 11.9 Å². The van der Waals surface area contributed by atoms with E-state index in [9.17, 15) is 0 Å². The van der Waals surface area contributed by atoms with E-state index >= 15 is 0 Å². The van der Waals surface area contributed by atoms with Gasteiger partial charge in [-0.25, -0.2) is 4.98 Å². The molecule has 0 N–H and O–H groups in total. The van der Waals surface area contributed by atoms with Crippen LogP contribution in [0.1, 0.15) is 32.1 Å². The molecule has 1 aliphatic rings. The van der Waals surface area contributed by atoms with Gasteiger partial charge in [-0.1, -0.05) is 19.3 Å². The SMILES string of the molecule is CN(c1ccc2nc(-c3ccc4nn(C)cc4c3)sc2c1)C1CCCCC1. The Kier molecular flexibility index (Phi) is 4.12. The predicted octanol–water partition coefficient (Wildman–Crippen LogP) is 5.62. The van der Waals surface area contributed by atoms with Crippen LogP contribution in [0.25, 0.3) is 31.7 Å². The van der Waals surface area contributed by atoms with Gasteiger partial charge in [-0.05, 0) is 49.2 Å². The molecule has 2 aromatic heterocycles. The van der Waals surface area contributed by atoms with E-state index in [0.29, 0.717) is 6.04 Å². The van der Waals surface area contributed by atoms with Crippen LogP contribution in [0.15, 0.2) is 42.6 Å². The van der Waals surface area contributed by atoms with Crippen LogP contribution in [0.4, 0.5) is 5.69 Å². The van der Waals surface area contributed by atoms with Crippen LogP contribution in [0.2, 0.25) is 0 Å². The second-order valence-electron chi connectivity index (χ2n) is 7.65. The van der Waals surface area contributed by atoms with Crippen molar-refractivity contribution in [2.24, 2.45) is 7.05 Å². The first-order chi connectivity index (χ1) is 13.2. The lowest BCUT2D eigenvalue weighted by Crippen LogP contribution is -2.33. The number of thiazole rings is 1. The normalized spacial score (nSPS) is 15.6. The summed E-state index contributed by atoms with van der Waals surface area (Å²) in [7, 11) is 4.21. The number of aromatic nitrogens is 3. The van der Waals surface area contributed by atoms with Crippen LogP contribution in [-0.2, 0) is 7.05 Å². The van der Waals surface area contributed by atoms with Crippen LogP contribution in [0.3, 0.4) is 0 Å². The van der Waals surface area contributed by atoms with Gasteiger partial charge in [-0.3, -0.25) is 4.68 Å². The predicted molar refractivity (Wildman–Crippen MR) is 115 cm³/mol. The summed E-state index contributed by atoms with van der Waals surface area (Å²) in [5.41, 5.74) is 4.59. The fourth-order valence-electron chi connectivity index (χ4n) is 4.22. The highest BCUT2D eigenvalue weighted by Gasteiger charge is 2.19. The Morgan fingerprint density at radius 2 is 1.85 bits per heavy atom. The average Bonchev–Trinajstić information content (AvgIpc) is 3.29. The van der Waals surface area contributed by atoms with E-state index in [0.717, 1.165) is 21.4 Å². The van der Waals surface area contributed by atoms with E-state index in [1.165, 1.54) is 48.1 Å². The van der Waals surface area contributed by atoms with Crippen LogP contribution >= 0.6 is 11.3 Å². The van der Waals surface area contributed by atoms with Gasteiger partial charge in [-0.15, -0.1) is 11.3 Å². The maximum absolute atomic E-state index is 4.88. The maximum Gasteiger partial charge on any atom is 0.124 e. The molecule has 0 bridgehead atoms. The molecule has 5 heteroatoms. The zero-order valence-electron chi connectivity index (χ0n) is 15.9. The number of hydrogen-bond acceptors (Lipinski definition) is 4. The Morgan fingerprint density at radius 3 is 2.70 bits per heavy atom. The first-order valence-electron chi connectivity index (χ1n) is 9.74. The molecule has 1 aliphatic carbocycles. The van der Waals surface area contributed by atoms with Crippen molar-refractivity contribution in [1.82, 2.24) is 14.8 Å². The van der Waals surface area contributed by atoms with Gasteiger partial charge in [0.15, 0.2) is 0 Å². The number of benzene rings is 2. The van der Waals surface area contributed by atoms with Gasteiger partial charge in [-0.2, -0.15) is 5.10 Å².